The third kappa shape index (κ3) is 2.90. The lowest BCUT2D eigenvalue weighted by Gasteiger charge is -2.10. The van der Waals surface area contributed by atoms with Crippen LogP contribution in [0.15, 0.2) is 36.4 Å². The van der Waals surface area contributed by atoms with Gasteiger partial charge in [0.1, 0.15) is 11.5 Å². The number of hydrogen-bond acceptors (Lipinski definition) is 2. The van der Waals surface area contributed by atoms with Gasteiger partial charge in [-0.3, -0.25) is 0 Å². The van der Waals surface area contributed by atoms with Gasteiger partial charge in [-0.15, -0.1) is 0 Å². The van der Waals surface area contributed by atoms with Crippen molar-refractivity contribution in [2.75, 3.05) is 14.2 Å². The Bertz CT molecular complexity index is 516. The smallest absolute Gasteiger partial charge is 0.119 e. The summed E-state index contributed by atoms with van der Waals surface area (Å²) in [4.78, 5) is 0. The molecule has 0 fully saturated rings. The molecule has 0 aromatic heterocycles. The molecule has 0 heterocycles. The highest BCUT2D eigenvalue weighted by Crippen LogP contribution is 2.33. The van der Waals surface area contributed by atoms with Crippen molar-refractivity contribution in [3.8, 4) is 22.6 Å². The lowest BCUT2D eigenvalue weighted by molar-refractivity contribution is 0.414. The first kappa shape index (κ1) is 13.9. The van der Waals surface area contributed by atoms with Crippen molar-refractivity contribution >= 4 is 45.2 Å². The molecule has 2 nitrogen and oxygen atoms in total. The topological polar surface area (TPSA) is 18.5 Å². The van der Waals surface area contributed by atoms with E-state index in [2.05, 4.69) is 57.3 Å². The largest absolute Gasteiger partial charge is 0.497 e. The second-order valence-corrected chi connectivity index (χ2v) is 6.02. The number of rotatable bonds is 3. The Balaban J connectivity index is 2.48. The molecule has 0 aliphatic heterocycles. The van der Waals surface area contributed by atoms with E-state index in [-0.39, 0.29) is 0 Å². The average Bonchev–Trinajstić information content (AvgIpc) is 2.39. The second kappa shape index (κ2) is 6.10. The summed E-state index contributed by atoms with van der Waals surface area (Å²) < 4.78 is 12.8. The predicted octanol–water partition coefficient (Wildman–Crippen LogP) is 4.58. The van der Waals surface area contributed by atoms with Crippen LogP contribution in [0, 0.1) is 7.14 Å². The first-order valence-electron chi connectivity index (χ1n) is 5.33. The summed E-state index contributed by atoms with van der Waals surface area (Å²) in [5.41, 5.74) is 2.42. The highest BCUT2D eigenvalue weighted by Gasteiger charge is 2.09. The number of benzene rings is 2. The molecule has 2 rings (SSSR count). The predicted molar refractivity (Wildman–Crippen MR) is 90.4 cm³/mol. The molecule has 0 saturated heterocycles. The van der Waals surface area contributed by atoms with Crippen molar-refractivity contribution in [1.29, 1.82) is 0 Å². The molecule has 4 heteroatoms. The molecule has 0 saturated carbocycles. The van der Waals surface area contributed by atoms with E-state index in [1.54, 1.807) is 14.2 Å². The molecular formula is C14H12I2O2. The van der Waals surface area contributed by atoms with Crippen LogP contribution in [0.25, 0.3) is 11.1 Å². The molecule has 2 aromatic carbocycles. The van der Waals surface area contributed by atoms with Crippen molar-refractivity contribution in [1.82, 2.24) is 0 Å². The highest BCUT2D eigenvalue weighted by molar-refractivity contribution is 14.1. The van der Waals surface area contributed by atoms with E-state index in [1.165, 1.54) is 18.3 Å². The normalized spacial score (nSPS) is 10.2. The number of hydrogen-bond donors (Lipinski definition) is 0. The summed E-state index contributed by atoms with van der Waals surface area (Å²) in [5.74, 6) is 1.76. The summed E-state index contributed by atoms with van der Waals surface area (Å²) in [5, 5.41) is 0. The van der Waals surface area contributed by atoms with E-state index >= 15 is 0 Å². The van der Waals surface area contributed by atoms with E-state index in [9.17, 15) is 0 Å². The zero-order chi connectivity index (χ0) is 13.1. The molecule has 0 amide bonds. The van der Waals surface area contributed by atoms with Gasteiger partial charge in [-0.1, -0.05) is 0 Å². The second-order valence-electron chi connectivity index (χ2n) is 3.69. The monoisotopic (exact) mass is 466 g/mol. The van der Waals surface area contributed by atoms with Crippen molar-refractivity contribution in [2.24, 2.45) is 0 Å². The van der Waals surface area contributed by atoms with Gasteiger partial charge >= 0.3 is 0 Å². The molecule has 18 heavy (non-hydrogen) atoms. The minimum atomic E-state index is 0.881. The van der Waals surface area contributed by atoms with E-state index < -0.39 is 0 Å². The molecule has 0 bridgehead atoms. The summed E-state index contributed by atoms with van der Waals surface area (Å²) in [7, 11) is 3.37. The van der Waals surface area contributed by atoms with Crippen molar-refractivity contribution in [3.63, 3.8) is 0 Å². The Morgan fingerprint density at radius 3 is 1.39 bits per heavy atom. The minimum absolute atomic E-state index is 0.881. The van der Waals surface area contributed by atoms with E-state index in [0.717, 1.165) is 11.5 Å². The fourth-order valence-corrected chi connectivity index (χ4v) is 3.24. The molecule has 0 radical (unpaired) electrons. The van der Waals surface area contributed by atoms with Gasteiger partial charge in [-0.25, -0.2) is 0 Å². The third-order valence-corrected chi connectivity index (χ3v) is 4.43. The molecule has 94 valence electrons. The Morgan fingerprint density at radius 2 is 1.11 bits per heavy atom. The lowest BCUT2D eigenvalue weighted by Crippen LogP contribution is -1.90. The van der Waals surface area contributed by atoms with Gasteiger partial charge in [0.05, 0.1) is 14.2 Å². The van der Waals surface area contributed by atoms with Crippen LogP contribution in [-0.2, 0) is 0 Å². The lowest BCUT2D eigenvalue weighted by atomic mass is 10.1. The van der Waals surface area contributed by atoms with Gasteiger partial charge in [-0.2, -0.15) is 0 Å². The maximum atomic E-state index is 5.23. The first-order valence-corrected chi connectivity index (χ1v) is 7.49. The van der Waals surface area contributed by atoms with Gasteiger partial charge in [0.15, 0.2) is 0 Å². The number of methoxy groups -OCH3 is 2. The van der Waals surface area contributed by atoms with E-state index in [1.807, 2.05) is 24.3 Å². The Labute approximate surface area is 134 Å². The standard InChI is InChI=1S/C14H12I2O2/c1-17-9-3-5-11(13(15)7-9)12-6-4-10(18-2)8-14(12)16/h3-8H,1-2H3. The van der Waals surface area contributed by atoms with Crippen LogP contribution in [0.3, 0.4) is 0 Å². The maximum Gasteiger partial charge on any atom is 0.119 e. The van der Waals surface area contributed by atoms with Gasteiger partial charge in [0.25, 0.3) is 0 Å². The fraction of sp³-hybridized carbons (Fsp3) is 0.143. The van der Waals surface area contributed by atoms with Gasteiger partial charge in [0.2, 0.25) is 0 Å². The first-order chi connectivity index (χ1) is 8.65. The molecule has 0 unspecified atom stereocenters. The minimum Gasteiger partial charge on any atom is -0.497 e. The SMILES string of the molecule is COc1ccc(-c2ccc(OC)cc2I)c(I)c1. The Morgan fingerprint density at radius 1 is 0.722 bits per heavy atom. The zero-order valence-electron chi connectivity index (χ0n) is 10.0. The number of halogens is 2. The van der Waals surface area contributed by atoms with Crippen LogP contribution in [0.2, 0.25) is 0 Å². The molecule has 2 aromatic rings. The van der Waals surface area contributed by atoms with Crippen molar-refractivity contribution in [2.45, 2.75) is 0 Å². The molecule has 0 aliphatic rings. The zero-order valence-corrected chi connectivity index (χ0v) is 14.4. The molecule has 0 aliphatic carbocycles. The van der Waals surface area contributed by atoms with Crippen LogP contribution >= 0.6 is 45.2 Å². The maximum absolute atomic E-state index is 5.23. The van der Waals surface area contributed by atoms with Crippen LogP contribution in [0.1, 0.15) is 0 Å². The molecule has 0 atom stereocenters. The summed E-state index contributed by atoms with van der Waals surface area (Å²) >= 11 is 4.67. The Kier molecular flexibility index (Phi) is 4.71. The van der Waals surface area contributed by atoms with Crippen LogP contribution in [-0.4, -0.2) is 14.2 Å². The molecule has 0 N–H and O–H groups in total. The molecular weight excluding hydrogens is 454 g/mol. The van der Waals surface area contributed by atoms with Crippen LogP contribution in [0.5, 0.6) is 11.5 Å². The van der Waals surface area contributed by atoms with Gasteiger partial charge < -0.3 is 9.47 Å². The van der Waals surface area contributed by atoms with Crippen LogP contribution < -0.4 is 9.47 Å². The fourth-order valence-electron chi connectivity index (χ4n) is 1.68. The highest BCUT2D eigenvalue weighted by atomic mass is 127. The quantitative estimate of drug-likeness (QED) is 0.618. The van der Waals surface area contributed by atoms with Crippen LogP contribution in [0.4, 0.5) is 0 Å². The number of ether oxygens (including phenoxy) is 2. The summed E-state index contributed by atoms with van der Waals surface area (Å²) in [6.45, 7) is 0. The summed E-state index contributed by atoms with van der Waals surface area (Å²) in [6.07, 6.45) is 0. The van der Waals surface area contributed by atoms with E-state index in [4.69, 9.17) is 9.47 Å². The molecule has 0 spiro atoms. The van der Waals surface area contributed by atoms with Gasteiger partial charge in [-0.05, 0) is 92.7 Å². The third-order valence-electron chi connectivity index (χ3n) is 2.64. The van der Waals surface area contributed by atoms with E-state index in [0.29, 0.717) is 0 Å². The average molecular weight is 466 g/mol. The van der Waals surface area contributed by atoms with Crippen molar-refractivity contribution < 1.29 is 9.47 Å². The summed E-state index contributed by atoms with van der Waals surface area (Å²) in [6, 6.07) is 12.2. The van der Waals surface area contributed by atoms with Crippen molar-refractivity contribution in [3.05, 3.63) is 43.5 Å². The Hall–Kier alpha value is -0.500. The van der Waals surface area contributed by atoms with Gasteiger partial charge in [0, 0.05) is 7.14 Å².